The minimum atomic E-state index is -1.21. The van der Waals surface area contributed by atoms with Gasteiger partial charge >= 0.3 is 5.97 Å². The molecule has 5 nitrogen and oxygen atoms in total. The molecule has 0 saturated heterocycles. The topological polar surface area (TPSA) is 91.5 Å². The normalized spacial score (nSPS) is 11.4. The number of halogens is 1. The Morgan fingerprint density at radius 2 is 2.36 bits per heavy atom. The van der Waals surface area contributed by atoms with Gasteiger partial charge < -0.3 is 15.8 Å². The molecule has 0 radical (unpaired) electrons. The van der Waals surface area contributed by atoms with Gasteiger partial charge in [0.1, 0.15) is 11.0 Å². The molecule has 0 aliphatic rings. The van der Waals surface area contributed by atoms with Crippen molar-refractivity contribution in [1.82, 2.24) is 4.98 Å². The van der Waals surface area contributed by atoms with E-state index in [1.54, 1.807) is 0 Å². The van der Waals surface area contributed by atoms with Crippen LogP contribution in [-0.2, 0) is 4.79 Å². The summed E-state index contributed by atoms with van der Waals surface area (Å²) in [6.45, 7) is 3.28. The van der Waals surface area contributed by atoms with Crippen molar-refractivity contribution in [3.8, 4) is 0 Å². The van der Waals surface area contributed by atoms with Crippen LogP contribution in [0.25, 0.3) is 0 Å². The molecule has 0 aromatic carbocycles. The number of anilines is 1. The van der Waals surface area contributed by atoms with E-state index in [1.165, 1.54) is 12.3 Å². The third-order valence-corrected chi connectivity index (χ3v) is 1.55. The Balaban J connectivity index is 3.20. The van der Waals surface area contributed by atoms with Crippen molar-refractivity contribution >= 4 is 29.1 Å². The van der Waals surface area contributed by atoms with Crippen molar-refractivity contribution in [2.24, 2.45) is 4.99 Å². The number of rotatable bonds is 3. The first-order chi connectivity index (χ1) is 6.52. The van der Waals surface area contributed by atoms with Crippen LogP contribution in [0.4, 0.5) is 5.82 Å². The molecular formula is C8H8ClN3O2. The highest BCUT2D eigenvalue weighted by Gasteiger charge is 2.16. The fourth-order valence-corrected chi connectivity index (χ4v) is 1.02. The summed E-state index contributed by atoms with van der Waals surface area (Å²) in [5, 5.41) is 8.71. The highest BCUT2D eigenvalue weighted by atomic mass is 35.5. The lowest BCUT2D eigenvalue weighted by Crippen LogP contribution is -2.15. The van der Waals surface area contributed by atoms with Gasteiger partial charge in [-0.1, -0.05) is 18.2 Å². The number of hydrogen-bond donors (Lipinski definition) is 3. The second-order valence-electron chi connectivity index (χ2n) is 2.45. The zero-order valence-corrected chi connectivity index (χ0v) is 7.88. The second-order valence-corrected chi connectivity index (χ2v) is 2.88. The maximum absolute atomic E-state index is 10.8. The van der Waals surface area contributed by atoms with Gasteiger partial charge in [-0.05, 0) is 6.07 Å². The van der Waals surface area contributed by atoms with E-state index in [2.05, 4.69) is 16.6 Å². The number of aliphatic imine (C=N–C) groups is 1. The SMILES string of the molecule is C=C(Cl)N=C(C(=O)O)c1cc[nH]c1N. The van der Waals surface area contributed by atoms with Gasteiger partial charge in [0.25, 0.3) is 0 Å². The smallest absolute Gasteiger partial charge is 0.355 e. The summed E-state index contributed by atoms with van der Waals surface area (Å²) in [6.07, 6.45) is 1.51. The molecule has 0 spiro atoms. The Bertz CT molecular complexity index is 408. The fraction of sp³-hybridized carbons (Fsp3) is 0. The number of hydrogen-bond acceptors (Lipinski definition) is 3. The Labute approximate surface area is 84.9 Å². The maximum atomic E-state index is 10.8. The first-order valence-corrected chi connectivity index (χ1v) is 3.99. The number of carboxylic acid groups (broad SMARTS) is 1. The number of carboxylic acids is 1. The number of nitrogens with two attached hydrogens (primary N) is 1. The fourth-order valence-electron chi connectivity index (χ4n) is 0.933. The van der Waals surface area contributed by atoms with Crippen molar-refractivity contribution < 1.29 is 9.90 Å². The van der Waals surface area contributed by atoms with E-state index in [1.807, 2.05) is 0 Å². The van der Waals surface area contributed by atoms with E-state index in [0.717, 1.165) is 0 Å². The number of aromatic nitrogens is 1. The van der Waals surface area contributed by atoms with E-state index in [9.17, 15) is 4.79 Å². The number of aliphatic carboxylic acids is 1. The predicted molar refractivity (Wildman–Crippen MR) is 54.4 cm³/mol. The first kappa shape index (κ1) is 10.3. The molecule has 14 heavy (non-hydrogen) atoms. The summed E-state index contributed by atoms with van der Waals surface area (Å²) < 4.78 is 0. The van der Waals surface area contributed by atoms with Crippen molar-refractivity contribution in [2.75, 3.05) is 5.73 Å². The number of aromatic amines is 1. The van der Waals surface area contributed by atoms with Crippen molar-refractivity contribution in [3.05, 3.63) is 29.6 Å². The quantitative estimate of drug-likeness (QED) is 0.520. The average Bonchev–Trinajstić information content (AvgIpc) is 2.46. The minimum absolute atomic E-state index is 0.108. The molecule has 1 rings (SSSR count). The number of carbonyl (C=O) groups is 1. The average molecular weight is 214 g/mol. The second kappa shape index (κ2) is 3.97. The van der Waals surface area contributed by atoms with Crippen LogP contribution >= 0.6 is 11.6 Å². The largest absolute Gasteiger partial charge is 0.476 e. The number of nitrogens with zero attached hydrogens (tertiary/aromatic N) is 1. The van der Waals surface area contributed by atoms with Gasteiger partial charge in [-0.3, -0.25) is 0 Å². The number of nitrogen functional groups attached to an aromatic ring is 1. The molecule has 1 aromatic rings. The summed E-state index contributed by atoms with van der Waals surface area (Å²) >= 11 is 5.39. The number of nitrogens with one attached hydrogen (secondary N) is 1. The third kappa shape index (κ3) is 2.14. The van der Waals surface area contributed by atoms with E-state index >= 15 is 0 Å². The Kier molecular flexibility index (Phi) is 2.93. The lowest BCUT2D eigenvalue weighted by atomic mass is 10.2. The Morgan fingerprint density at radius 1 is 1.71 bits per heavy atom. The summed E-state index contributed by atoms with van der Waals surface area (Å²) in [5.41, 5.74) is 5.54. The van der Waals surface area contributed by atoms with E-state index in [4.69, 9.17) is 22.4 Å². The molecule has 1 heterocycles. The van der Waals surface area contributed by atoms with Crippen LogP contribution in [0.1, 0.15) is 5.56 Å². The van der Waals surface area contributed by atoms with E-state index < -0.39 is 5.97 Å². The monoisotopic (exact) mass is 213 g/mol. The van der Waals surface area contributed by atoms with Crippen molar-refractivity contribution in [1.29, 1.82) is 0 Å². The Morgan fingerprint density at radius 3 is 2.71 bits per heavy atom. The van der Waals surface area contributed by atoms with Gasteiger partial charge in [0.05, 0.1) is 0 Å². The molecule has 74 valence electrons. The van der Waals surface area contributed by atoms with Crippen LogP contribution in [0.3, 0.4) is 0 Å². The Hall–Kier alpha value is -1.75. The predicted octanol–water partition coefficient (Wildman–Crippen LogP) is 1.18. The molecule has 0 saturated carbocycles. The van der Waals surface area contributed by atoms with Gasteiger partial charge in [0.15, 0.2) is 5.71 Å². The van der Waals surface area contributed by atoms with Gasteiger partial charge in [0.2, 0.25) is 0 Å². The van der Waals surface area contributed by atoms with Crippen LogP contribution in [-0.4, -0.2) is 21.8 Å². The summed E-state index contributed by atoms with van der Waals surface area (Å²) in [6, 6.07) is 1.50. The molecule has 0 bridgehead atoms. The van der Waals surface area contributed by atoms with Crippen LogP contribution in [0.2, 0.25) is 0 Å². The first-order valence-electron chi connectivity index (χ1n) is 3.62. The van der Waals surface area contributed by atoms with E-state index in [-0.39, 0.29) is 16.7 Å². The zero-order chi connectivity index (χ0) is 10.7. The van der Waals surface area contributed by atoms with Crippen LogP contribution in [0.15, 0.2) is 29.0 Å². The summed E-state index contributed by atoms with van der Waals surface area (Å²) in [5.74, 6) is -0.984. The molecule has 1 aromatic heterocycles. The highest BCUT2D eigenvalue weighted by molar-refractivity contribution is 6.45. The highest BCUT2D eigenvalue weighted by Crippen LogP contribution is 2.12. The summed E-state index contributed by atoms with van der Waals surface area (Å²) in [4.78, 5) is 17.0. The van der Waals surface area contributed by atoms with Gasteiger partial charge in [-0.15, -0.1) is 0 Å². The molecule has 0 fully saturated rings. The molecule has 0 amide bonds. The zero-order valence-electron chi connectivity index (χ0n) is 7.12. The van der Waals surface area contributed by atoms with Crippen LogP contribution in [0, 0.1) is 0 Å². The molecule has 4 N–H and O–H groups in total. The lowest BCUT2D eigenvalue weighted by molar-refractivity contribution is -0.129. The molecule has 0 atom stereocenters. The van der Waals surface area contributed by atoms with Gasteiger partial charge in [-0.2, -0.15) is 0 Å². The minimum Gasteiger partial charge on any atom is -0.476 e. The van der Waals surface area contributed by atoms with Gasteiger partial charge in [0, 0.05) is 11.8 Å². The third-order valence-electron chi connectivity index (χ3n) is 1.47. The molecular weight excluding hydrogens is 206 g/mol. The lowest BCUT2D eigenvalue weighted by Gasteiger charge is -1.99. The van der Waals surface area contributed by atoms with E-state index in [0.29, 0.717) is 5.56 Å². The van der Waals surface area contributed by atoms with Crippen molar-refractivity contribution in [3.63, 3.8) is 0 Å². The standard InChI is InChI=1S/C8H8ClN3O2/c1-4(9)12-6(8(13)14)5-2-3-11-7(5)10/h2-3,11H,1,10H2,(H,13,14). The summed E-state index contributed by atoms with van der Waals surface area (Å²) in [7, 11) is 0. The van der Waals surface area contributed by atoms with Gasteiger partial charge in [-0.25, -0.2) is 9.79 Å². The molecule has 0 aliphatic heterocycles. The molecule has 0 unspecified atom stereocenters. The molecule has 0 aliphatic carbocycles. The maximum Gasteiger partial charge on any atom is 0.355 e. The number of H-pyrrole nitrogens is 1. The van der Waals surface area contributed by atoms with Crippen molar-refractivity contribution in [2.45, 2.75) is 0 Å². The van der Waals surface area contributed by atoms with Crippen LogP contribution < -0.4 is 5.73 Å². The molecule has 6 heteroatoms. The van der Waals surface area contributed by atoms with Crippen LogP contribution in [0.5, 0.6) is 0 Å².